The summed E-state index contributed by atoms with van der Waals surface area (Å²) in [5, 5.41) is 4.23. The molecule has 1 aliphatic heterocycles. The van der Waals surface area contributed by atoms with Gasteiger partial charge in [0.15, 0.2) is 0 Å². The maximum Gasteiger partial charge on any atom is 0.416 e. The molecule has 4 heteroatoms. The first-order valence-corrected chi connectivity index (χ1v) is 5.38. The predicted molar refractivity (Wildman–Crippen MR) is 55.3 cm³/mol. The second-order valence-corrected chi connectivity index (χ2v) is 4.06. The van der Waals surface area contributed by atoms with Crippen molar-refractivity contribution in [2.24, 2.45) is 0 Å². The molecule has 0 unspecified atom stereocenters. The third-order valence-corrected chi connectivity index (χ3v) is 2.98. The molecule has 0 spiro atoms. The van der Waals surface area contributed by atoms with Crippen LogP contribution in [0.1, 0.15) is 29.9 Å². The number of hydrogen-bond acceptors (Lipinski definition) is 0. The summed E-state index contributed by atoms with van der Waals surface area (Å²) in [6.45, 7) is 1.65. The van der Waals surface area contributed by atoms with Gasteiger partial charge in [0.05, 0.1) is 5.56 Å². The molecule has 0 atom stereocenters. The molecule has 1 aliphatic rings. The molecule has 0 N–H and O–H groups in total. The zero-order valence-corrected chi connectivity index (χ0v) is 8.80. The lowest BCUT2D eigenvalue weighted by Crippen LogP contribution is -2.21. The Labute approximate surface area is 92.7 Å². The molecule has 1 nitrogen and oxygen atoms in total. The highest BCUT2D eigenvalue weighted by atomic mass is 19.4. The van der Waals surface area contributed by atoms with Crippen molar-refractivity contribution in [3.8, 4) is 0 Å². The number of alkyl halides is 3. The zero-order chi connectivity index (χ0) is 11.6. The van der Waals surface area contributed by atoms with E-state index in [9.17, 15) is 13.2 Å². The molecular weight excluding hydrogens is 215 g/mol. The lowest BCUT2D eigenvalue weighted by Gasteiger charge is -2.22. The number of benzene rings is 1. The highest BCUT2D eigenvalue weighted by Crippen LogP contribution is 2.31. The summed E-state index contributed by atoms with van der Waals surface area (Å²) >= 11 is 0. The van der Waals surface area contributed by atoms with Crippen molar-refractivity contribution in [3.05, 3.63) is 35.4 Å². The van der Waals surface area contributed by atoms with Gasteiger partial charge >= 0.3 is 6.18 Å². The number of hydrogen-bond donors (Lipinski definition) is 0. The van der Waals surface area contributed by atoms with E-state index in [2.05, 4.69) is 5.32 Å². The first-order valence-electron chi connectivity index (χ1n) is 5.38. The van der Waals surface area contributed by atoms with Crippen LogP contribution in [-0.2, 0) is 6.18 Å². The third-order valence-electron chi connectivity index (χ3n) is 2.98. The summed E-state index contributed by atoms with van der Waals surface area (Å²) in [5.74, 6) is 0.375. The van der Waals surface area contributed by atoms with Gasteiger partial charge in [-0.15, -0.1) is 0 Å². The fraction of sp³-hybridized carbons (Fsp3) is 0.500. The maximum atomic E-state index is 12.3. The van der Waals surface area contributed by atoms with Gasteiger partial charge in [-0.3, -0.25) is 0 Å². The van der Waals surface area contributed by atoms with Crippen LogP contribution < -0.4 is 5.32 Å². The van der Waals surface area contributed by atoms with Gasteiger partial charge in [-0.2, -0.15) is 13.2 Å². The molecule has 0 bridgehead atoms. The Morgan fingerprint density at radius 3 is 2.06 bits per heavy atom. The molecule has 0 saturated carbocycles. The lowest BCUT2D eigenvalue weighted by molar-refractivity contribution is -0.137. The molecule has 0 amide bonds. The fourth-order valence-electron chi connectivity index (χ4n) is 2.03. The van der Waals surface area contributed by atoms with Crippen molar-refractivity contribution in [3.63, 3.8) is 0 Å². The van der Waals surface area contributed by atoms with E-state index in [0.717, 1.165) is 31.5 Å². The molecule has 1 saturated heterocycles. The van der Waals surface area contributed by atoms with Crippen LogP contribution in [-0.4, -0.2) is 13.1 Å². The smallest absolute Gasteiger partial charge is 0.242 e. The van der Waals surface area contributed by atoms with Crippen LogP contribution in [0.2, 0.25) is 0 Å². The van der Waals surface area contributed by atoms with E-state index >= 15 is 0 Å². The molecule has 1 heterocycles. The van der Waals surface area contributed by atoms with Crippen molar-refractivity contribution < 1.29 is 13.2 Å². The van der Waals surface area contributed by atoms with Crippen molar-refractivity contribution in [2.45, 2.75) is 24.9 Å². The van der Waals surface area contributed by atoms with Gasteiger partial charge in [-0.1, -0.05) is 12.1 Å². The quantitative estimate of drug-likeness (QED) is 0.701. The summed E-state index contributed by atoms with van der Waals surface area (Å²) in [7, 11) is 0. The fourth-order valence-corrected chi connectivity index (χ4v) is 2.03. The molecule has 87 valence electrons. The maximum absolute atomic E-state index is 12.3. The van der Waals surface area contributed by atoms with Crippen LogP contribution in [0, 0.1) is 0 Å². The molecule has 1 radical (unpaired) electrons. The Bertz CT molecular complexity index is 336. The van der Waals surface area contributed by atoms with Crippen LogP contribution in [0.15, 0.2) is 24.3 Å². The van der Waals surface area contributed by atoms with Gasteiger partial charge < -0.3 is 0 Å². The van der Waals surface area contributed by atoms with E-state index in [0.29, 0.717) is 5.92 Å². The summed E-state index contributed by atoms with van der Waals surface area (Å²) in [4.78, 5) is 0. The highest BCUT2D eigenvalue weighted by molar-refractivity contribution is 5.27. The van der Waals surface area contributed by atoms with Crippen molar-refractivity contribution >= 4 is 0 Å². The minimum absolute atomic E-state index is 0.375. The molecule has 1 fully saturated rings. The Balaban J connectivity index is 2.12. The highest BCUT2D eigenvalue weighted by Gasteiger charge is 2.30. The van der Waals surface area contributed by atoms with Gasteiger partial charge in [0.25, 0.3) is 0 Å². The zero-order valence-electron chi connectivity index (χ0n) is 8.80. The average Bonchev–Trinajstić information content (AvgIpc) is 2.29. The second-order valence-electron chi connectivity index (χ2n) is 4.06. The minimum Gasteiger partial charge on any atom is -0.242 e. The van der Waals surface area contributed by atoms with E-state index in [4.69, 9.17) is 0 Å². The van der Waals surface area contributed by atoms with E-state index in [1.165, 1.54) is 12.1 Å². The van der Waals surface area contributed by atoms with Crippen molar-refractivity contribution in [2.75, 3.05) is 13.1 Å². The van der Waals surface area contributed by atoms with Gasteiger partial charge in [-0.25, -0.2) is 5.32 Å². The molecule has 0 aromatic heterocycles. The Kier molecular flexibility index (Phi) is 3.19. The van der Waals surface area contributed by atoms with Crippen LogP contribution in [0.4, 0.5) is 13.2 Å². The van der Waals surface area contributed by atoms with Crippen molar-refractivity contribution in [1.82, 2.24) is 5.32 Å². The van der Waals surface area contributed by atoms with E-state index < -0.39 is 11.7 Å². The first kappa shape index (κ1) is 11.5. The molecule has 0 aliphatic carbocycles. The number of rotatable bonds is 1. The topological polar surface area (TPSA) is 14.1 Å². The standard InChI is InChI=1S/C12H13F3N/c13-12(14,15)11-3-1-9(2-4-11)10-5-7-16-8-6-10/h1-4,10H,5-8H2. The van der Waals surface area contributed by atoms with Crippen LogP contribution in [0.3, 0.4) is 0 Å². The molecule has 2 rings (SSSR count). The summed E-state index contributed by atoms with van der Waals surface area (Å²) in [5.41, 5.74) is 0.430. The van der Waals surface area contributed by atoms with E-state index in [1.807, 2.05) is 0 Å². The Hall–Kier alpha value is -1.03. The summed E-state index contributed by atoms with van der Waals surface area (Å²) in [6.07, 6.45) is -2.34. The Morgan fingerprint density at radius 1 is 1.00 bits per heavy atom. The number of nitrogens with zero attached hydrogens (tertiary/aromatic N) is 1. The predicted octanol–water partition coefficient (Wildman–Crippen LogP) is 3.19. The number of halogens is 3. The van der Waals surface area contributed by atoms with Gasteiger partial charge in [-0.05, 0) is 36.5 Å². The molecular formula is C12H13F3N. The molecule has 1 aromatic carbocycles. The lowest BCUT2D eigenvalue weighted by atomic mass is 9.90. The third kappa shape index (κ3) is 2.55. The van der Waals surface area contributed by atoms with Crippen LogP contribution in [0.25, 0.3) is 0 Å². The van der Waals surface area contributed by atoms with Crippen molar-refractivity contribution in [1.29, 1.82) is 0 Å². The van der Waals surface area contributed by atoms with E-state index in [1.54, 1.807) is 12.1 Å². The first-order chi connectivity index (χ1) is 7.57. The summed E-state index contributed by atoms with van der Waals surface area (Å²) < 4.78 is 37.0. The van der Waals surface area contributed by atoms with E-state index in [-0.39, 0.29) is 0 Å². The SMILES string of the molecule is FC(F)(F)c1ccc(C2CC[N]CC2)cc1. The monoisotopic (exact) mass is 228 g/mol. The van der Waals surface area contributed by atoms with Gasteiger partial charge in [0.1, 0.15) is 0 Å². The average molecular weight is 228 g/mol. The molecule has 16 heavy (non-hydrogen) atoms. The normalized spacial score (nSPS) is 18.7. The van der Waals surface area contributed by atoms with Gasteiger partial charge in [0, 0.05) is 13.1 Å². The van der Waals surface area contributed by atoms with Gasteiger partial charge in [0.2, 0.25) is 0 Å². The van der Waals surface area contributed by atoms with Crippen LogP contribution >= 0.6 is 0 Å². The Morgan fingerprint density at radius 2 is 1.56 bits per heavy atom. The molecule has 1 aromatic rings. The van der Waals surface area contributed by atoms with Crippen LogP contribution in [0.5, 0.6) is 0 Å². The minimum atomic E-state index is -4.24. The summed E-state index contributed by atoms with van der Waals surface area (Å²) in [6, 6.07) is 5.53. The number of piperidine rings is 1. The second kappa shape index (κ2) is 4.45. The largest absolute Gasteiger partial charge is 0.416 e.